The Morgan fingerprint density at radius 3 is 2.66 bits per heavy atom. The Bertz CT molecular complexity index is 857. The summed E-state index contributed by atoms with van der Waals surface area (Å²) < 4.78 is 6.44. The summed E-state index contributed by atoms with van der Waals surface area (Å²) in [5, 5.41) is 20.2. The van der Waals surface area contributed by atoms with Crippen LogP contribution in [-0.4, -0.2) is 46.3 Å². The van der Waals surface area contributed by atoms with E-state index in [1.807, 2.05) is 11.0 Å². The largest absolute Gasteiger partial charge is 0.507 e. The summed E-state index contributed by atoms with van der Waals surface area (Å²) in [6, 6.07) is 4.01. The van der Waals surface area contributed by atoms with Gasteiger partial charge in [-0.2, -0.15) is 0 Å². The van der Waals surface area contributed by atoms with Crippen molar-refractivity contribution >= 4 is 11.5 Å². The van der Waals surface area contributed by atoms with Crippen LogP contribution in [0.5, 0.6) is 11.5 Å². The van der Waals surface area contributed by atoms with Gasteiger partial charge in [0.1, 0.15) is 17.1 Å². The molecule has 2 unspecified atom stereocenters. The van der Waals surface area contributed by atoms with Gasteiger partial charge in [0.05, 0.1) is 5.56 Å². The summed E-state index contributed by atoms with van der Waals surface area (Å²) in [5.74, 6) is 1.88. The maximum atomic E-state index is 12.6. The number of aliphatic hydroxyl groups is 1. The van der Waals surface area contributed by atoms with Gasteiger partial charge in [0.2, 0.25) is 5.91 Å². The number of benzene rings is 1. The molecule has 5 heteroatoms. The first kappa shape index (κ1) is 24.6. The number of hydrogen-bond donors (Lipinski definition) is 2. The van der Waals surface area contributed by atoms with Gasteiger partial charge < -0.3 is 19.8 Å². The number of hydrogen-bond acceptors (Lipinski definition) is 4. The van der Waals surface area contributed by atoms with Crippen LogP contribution in [-0.2, 0) is 4.79 Å². The smallest absolute Gasteiger partial charge is 0.222 e. The number of aliphatic hydroxyl groups excluding tert-OH is 1. The van der Waals surface area contributed by atoms with Crippen LogP contribution in [0.2, 0.25) is 0 Å². The standard InChI is InChI=1S/C27H41NO4/c1-6-7-8-10-18(2)19(3)20-15-23(30)26-21-17-28(25(31)11-9-14-29)13-12-22(21)27(4,5)32-24(26)16-20/h15-16,18-19,29-30H,6-14,17H2,1-5H3. The Balaban J connectivity index is 1.90. The molecule has 0 fully saturated rings. The van der Waals surface area contributed by atoms with Crippen molar-refractivity contribution in [3.8, 4) is 11.5 Å². The molecule has 1 amide bonds. The number of ether oxygens (including phenoxy) is 1. The highest BCUT2D eigenvalue weighted by atomic mass is 16.5. The van der Waals surface area contributed by atoms with E-state index in [9.17, 15) is 9.90 Å². The Kier molecular flexibility index (Phi) is 7.92. The molecule has 0 aromatic heterocycles. The molecule has 0 bridgehead atoms. The molecule has 2 aliphatic rings. The third kappa shape index (κ3) is 5.14. The van der Waals surface area contributed by atoms with Crippen molar-refractivity contribution in [3.63, 3.8) is 0 Å². The van der Waals surface area contributed by atoms with Crippen LogP contribution >= 0.6 is 0 Å². The first-order valence-electron chi connectivity index (χ1n) is 12.4. The van der Waals surface area contributed by atoms with Crippen molar-refractivity contribution in [1.29, 1.82) is 0 Å². The van der Waals surface area contributed by atoms with Crippen LogP contribution in [0, 0.1) is 5.92 Å². The molecule has 0 saturated heterocycles. The highest BCUT2D eigenvalue weighted by Gasteiger charge is 2.40. The minimum atomic E-state index is -0.469. The molecule has 0 radical (unpaired) electrons. The number of carbonyl (C=O) groups is 1. The van der Waals surface area contributed by atoms with E-state index in [2.05, 4.69) is 40.7 Å². The molecule has 2 atom stereocenters. The van der Waals surface area contributed by atoms with Crippen molar-refractivity contribution in [2.75, 3.05) is 19.7 Å². The molecule has 32 heavy (non-hydrogen) atoms. The van der Waals surface area contributed by atoms with Gasteiger partial charge in [-0.1, -0.05) is 46.5 Å². The molecule has 2 heterocycles. The van der Waals surface area contributed by atoms with Crippen molar-refractivity contribution in [3.05, 3.63) is 28.8 Å². The van der Waals surface area contributed by atoms with E-state index in [0.717, 1.165) is 28.9 Å². The highest BCUT2D eigenvalue weighted by molar-refractivity contribution is 5.86. The number of unbranched alkanes of at least 4 members (excludes halogenated alkanes) is 2. The zero-order valence-corrected chi connectivity index (χ0v) is 20.5. The van der Waals surface area contributed by atoms with Gasteiger partial charge in [-0.05, 0) is 67.4 Å². The normalized spacial score (nSPS) is 19.1. The number of phenols is 1. The van der Waals surface area contributed by atoms with E-state index in [4.69, 9.17) is 9.84 Å². The second-order valence-electron chi connectivity index (χ2n) is 10.1. The van der Waals surface area contributed by atoms with Crippen molar-refractivity contribution in [2.24, 2.45) is 5.92 Å². The maximum absolute atomic E-state index is 12.6. The van der Waals surface area contributed by atoms with Gasteiger partial charge in [0, 0.05) is 26.1 Å². The monoisotopic (exact) mass is 443 g/mol. The fourth-order valence-electron chi connectivity index (χ4n) is 5.16. The van der Waals surface area contributed by atoms with E-state index in [0.29, 0.717) is 37.8 Å². The van der Waals surface area contributed by atoms with Crippen LogP contribution in [0.3, 0.4) is 0 Å². The van der Waals surface area contributed by atoms with Crippen LogP contribution in [0.25, 0.3) is 5.57 Å². The van der Waals surface area contributed by atoms with E-state index in [1.54, 1.807) is 0 Å². The van der Waals surface area contributed by atoms with Gasteiger partial charge in [0.25, 0.3) is 0 Å². The second-order valence-corrected chi connectivity index (χ2v) is 10.1. The van der Waals surface area contributed by atoms with E-state index in [-0.39, 0.29) is 18.3 Å². The van der Waals surface area contributed by atoms with Crippen LogP contribution in [0.4, 0.5) is 0 Å². The first-order chi connectivity index (χ1) is 15.2. The predicted octanol–water partition coefficient (Wildman–Crippen LogP) is 5.64. The van der Waals surface area contributed by atoms with Gasteiger partial charge in [0.15, 0.2) is 0 Å². The Labute approximate surface area is 193 Å². The lowest BCUT2D eigenvalue weighted by Crippen LogP contribution is -2.44. The highest BCUT2D eigenvalue weighted by Crippen LogP contribution is 2.49. The number of aromatic hydroxyl groups is 1. The van der Waals surface area contributed by atoms with Crippen molar-refractivity contribution in [2.45, 2.75) is 91.1 Å². The van der Waals surface area contributed by atoms with E-state index >= 15 is 0 Å². The Morgan fingerprint density at radius 1 is 1.22 bits per heavy atom. The molecular weight excluding hydrogens is 402 g/mol. The van der Waals surface area contributed by atoms with E-state index < -0.39 is 5.60 Å². The molecule has 0 aliphatic carbocycles. The second kappa shape index (κ2) is 10.3. The summed E-state index contributed by atoms with van der Waals surface area (Å²) in [6.45, 7) is 12.1. The number of fused-ring (bicyclic) bond motifs is 2. The lowest BCUT2D eigenvalue weighted by atomic mass is 9.79. The van der Waals surface area contributed by atoms with Gasteiger partial charge in [-0.15, -0.1) is 0 Å². The lowest BCUT2D eigenvalue weighted by Gasteiger charge is -2.42. The summed E-state index contributed by atoms with van der Waals surface area (Å²) in [4.78, 5) is 14.5. The third-order valence-electron chi connectivity index (χ3n) is 7.39. The van der Waals surface area contributed by atoms with Crippen LogP contribution in [0.1, 0.15) is 96.6 Å². The molecule has 0 saturated carbocycles. The number of amides is 1. The zero-order chi connectivity index (χ0) is 23.5. The van der Waals surface area contributed by atoms with Crippen LogP contribution < -0.4 is 4.74 Å². The third-order valence-corrected chi connectivity index (χ3v) is 7.39. The fourth-order valence-corrected chi connectivity index (χ4v) is 5.16. The minimum Gasteiger partial charge on any atom is -0.507 e. The number of carbonyl (C=O) groups excluding carboxylic acids is 1. The van der Waals surface area contributed by atoms with Gasteiger partial charge >= 0.3 is 0 Å². The summed E-state index contributed by atoms with van der Waals surface area (Å²) in [7, 11) is 0. The topological polar surface area (TPSA) is 70.0 Å². The molecule has 1 aromatic rings. The zero-order valence-electron chi connectivity index (χ0n) is 20.5. The predicted molar refractivity (Wildman–Crippen MR) is 129 cm³/mol. The molecule has 1 aromatic carbocycles. The summed E-state index contributed by atoms with van der Waals surface area (Å²) in [6.07, 6.45) is 6.46. The lowest BCUT2D eigenvalue weighted by molar-refractivity contribution is -0.131. The maximum Gasteiger partial charge on any atom is 0.222 e. The summed E-state index contributed by atoms with van der Waals surface area (Å²) in [5.41, 5.74) is 3.57. The molecule has 2 aliphatic heterocycles. The van der Waals surface area contributed by atoms with Crippen molar-refractivity contribution < 1.29 is 19.7 Å². The number of nitrogens with zero attached hydrogens (tertiary/aromatic N) is 1. The number of rotatable bonds is 9. The van der Waals surface area contributed by atoms with Crippen molar-refractivity contribution in [1.82, 2.24) is 4.90 Å². The van der Waals surface area contributed by atoms with Gasteiger partial charge in [-0.25, -0.2) is 0 Å². The Hall–Kier alpha value is -2.01. The van der Waals surface area contributed by atoms with Gasteiger partial charge in [-0.3, -0.25) is 4.79 Å². The SMILES string of the molecule is CCCCCC(C)C(C)c1cc(O)c2c(c1)OC(C)(C)C1=C2CN(C(=O)CCCO)CC1. The number of phenolic OH excluding ortho intramolecular Hbond substituents is 1. The average molecular weight is 444 g/mol. The Morgan fingerprint density at radius 2 is 1.97 bits per heavy atom. The minimum absolute atomic E-state index is 0.0237. The molecule has 178 valence electrons. The average Bonchev–Trinajstić information content (AvgIpc) is 2.75. The quantitative estimate of drug-likeness (QED) is 0.485. The first-order valence-corrected chi connectivity index (χ1v) is 12.4. The van der Waals surface area contributed by atoms with E-state index in [1.165, 1.54) is 31.3 Å². The van der Waals surface area contributed by atoms with Crippen LogP contribution in [0.15, 0.2) is 17.7 Å². The molecular formula is C27H41NO4. The molecule has 3 rings (SSSR count). The fraction of sp³-hybridized carbons (Fsp3) is 0.667. The summed E-state index contributed by atoms with van der Waals surface area (Å²) >= 11 is 0. The molecule has 5 nitrogen and oxygen atoms in total. The molecule has 0 spiro atoms. The molecule has 2 N–H and O–H groups in total.